The van der Waals surface area contributed by atoms with E-state index in [1.165, 1.54) is 34.3 Å². The van der Waals surface area contributed by atoms with Gasteiger partial charge in [0.1, 0.15) is 0 Å². The van der Waals surface area contributed by atoms with Gasteiger partial charge in [0.05, 0.1) is 0 Å². The van der Waals surface area contributed by atoms with E-state index in [9.17, 15) is 0 Å². The maximum Gasteiger partial charge on any atom is 0.0245 e. The number of nitrogens with zero attached hydrogens (tertiary/aromatic N) is 1. The fraction of sp³-hybridized carbons (Fsp3) is 0.714. The van der Waals surface area contributed by atoms with Crippen LogP contribution in [0, 0.1) is 6.92 Å². The zero-order chi connectivity index (χ0) is 12.5. The van der Waals surface area contributed by atoms with Gasteiger partial charge >= 0.3 is 0 Å². The molecule has 0 spiro atoms. The fourth-order valence-electron chi connectivity index (χ4n) is 2.05. The first kappa shape index (κ1) is 13.4. The van der Waals surface area contributed by atoms with Gasteiger partial charge in [-0.15, -0.1) is 11.3 Å². The summed E-state index contributed by atoms with van der Waals surface area (Å²) >= 11 is 4.06. The van der Waals surface area contributed by atoms with Gasteiger partial charge in [-0.1, -0.05) is 20.8 Å². The van der Waals surface area contributed by atoms with E-state index in [2.05, 4.69) is 50.4 Å². The van der Waals surface area contributed by atoms with Gasteiger partial charge in [0, 0.05) is 40.9 Å². The lowest BCUT2D eigenvalue weighted by Gasteiger charge is -2.26. The molecule has 3 heteroatoms. The van der Waals surface area contributed by atoms with Crippen LogP contribution < -0.4 is 0 Å². The van der Waals surface area contributed by atoms with Crippen LogP contribution in [-0.4, -0.2) is 29.5 Å². The molecule has 0 bridgehead atoms. The van der Waals surface area contributed by atoms with Crippen LogP contribution in [0.25, 0.3) is 0 Å². The Balaban J connectivity index is 2.07. The van der Waals surface area contributed by atoms with E-state index in [0.717, 1.165) is 6.54 Å². The van der Waals surface area contributed by atoms with Crippen molar-refractivity contribution in [2.24, 2.45) is 0 Å². The van der Waals surface area contributed by atoms with Gasteiger partial charge in [-0.05, 0) is 24.0 Å². The minimum Gasteiger partial charge on any atom is -0.297 e. The molecule has 1 saturated heterocycles. The van der Waals surface area contributed by atoms with Gasteiger partial charge in [0.25, 0.3) is 0 Å². The molecule has 0 unspecified atom stereocenters. The van der Waals surface area contributed by atoms with Crippen LogP contribution in [0.15, 0.2) is 6.07 Å². The first-order valence-corrected chi connectivity index (χ1v) is 8.34. The highest BCUT2D eigenvalue weighted by molar-refractivity contribution is 7.99. The van der Waals surface area contributed by atoms with Crippen LogP contribution in [-0.2, 0) is 12.0 Å². The largest absolute Gasteiger partial charge is 0.297 e. The molecule has 0 aromatic carbocycles. The summed E-state index contributed by atoms with van der Waals surface area (Å²) in [4.78, 5) is 5.63. The van der Waals surface area contributed by atoms with Crippen molar-refractivity contribution < 1.29 is 0 Å². The SMILES string of the molecule is Cc1sc(C(C)(C)C)cc1CN1CCSCC1. The van der Waals surface area contributed by atoms with E-state index in [1.807, 2.05) is 11.3 Å². The molecule has 0 aliphatic carbocycles. The van der Waals surface area contributed by atoms with E-state index >= 15 is 0 Å². The number of thioether (sulfide) groups is 1. The third-order valence-electron chi connectivity index (χ3n) is 3.26. The van der Waals surface area contributed by atoms with Crippen molar-refractivity contribution in [1.29, 1.82) is 0 Å². The smallest absolute Gasteiger partial charge is 0.0245 e. The van der Waals surface area contributed by atoms with Crippen molar-refractivity contribution in [1.82, 2.24) is 4.90 Å². The highest BCUT2D eigenvalue weighted by Gasteiger charge is 2.19. The van der Waals surface area contributed by atoms with Crippen molar-refractivity contribution in [3.8, 4) is 0 Å². The second-order valence-corrected chi connectivity index (χ2v) is 8.31. The zero-order valence-corrected chi connectivity index (χ0v) is 13.0. The van der Waals surface area contributed by atoms with Gasteiger partial charge in [0.15, 0.2) is 0 Å². The van der Waals surface area contributed by atoms with Crippen LogP contribution in [0.1, 0.15) is 36.1 Å². The van der Waals surface area contributed by atoms with Gasteiger partial charge in [0.2, 0.25) is 0 Å². The average Bonchev–Trinajstić information content (AvgIpc) is 2.62. The lowest BCUT2D eigenvalue weighted by molar-refractivity contribution is 0.294. The minimum absolute atomic E-state index is 0.297. The molecule has 0 atom stereocenters. The van der Waals surface area contributed by atoms with Crippen molar-refractivity contribution in [2.45, 2.75) is 39.7 Å². The Labute approximate surface area is 114 Å². The molecule has 1 aromatic rings. The Kier molecular flexibility index (Phi) is 4.22. The quantitative estimate of drug-likeness (QED) is 0.801. The predicted molar refractivity (Wildman–Crippen MR) is 80.4 cm³/mol. The summed E-state index contributed by atoms with van der Waals surface area (Å²) in [6.07, 6.45) is 0. The molecule has 2 rings (SSSR count). The van der Waals surface area contributed by atoms with Crippen molar-refractivity contribution in [2.75, 3.05) is 24.6 Å². The molecular weight excluding hydrogens is 246 g/mol. The minimum atomic E-state index is 0.297. The lowest BCUT2D eigenvalue weighted by atomic mass is 9.94. The Bertz CT molecular complexity index is 370. The summed E-state index contributed by atoms with van der Waals surface area (Å²) in [6, 6.07) is 2.43. The van der Waals surface area contributed by atoms with Crippen LogP contribution in [0.4, 0.5) is 0 Å². The molecule has 1 fully saturated rings. The summed E-state index contributed by atoms with van der Waals surface area (Å²) in [6.45, 7) is 12.8. The van der Waals surface area contributed by atoms with Gasteiger partial charge in [-0.3, -0.25) is 4.90 Å². The topological polar surface area (TPSA) is 3.24 Å². The molecule has 1 nitrogen and oxygen atoms in total. The second kappa shape index (κ2) is 5.33. The molecule has 17 heavy (non-hydrogen) atoms. The van der Waals surface area contributed by atoms with Crippen LogP contribution >= 0.6 is 23.1 Å². The molecule has 96 valence electrons. The third kappa shape index (κ3) is 3.49. The van der Waals surface area contributed by atoms with Gasteiger partial charge < -0.3 is 0 Å². The molecule has 0 radical (unpaired) electrons. The van der Waals surface area contributed by atoms with E-state index in [4.69, 9.17) is 0 Å². The molecule has 1 aliphatic heterocycles. The van der Waals surface area contributed by atoms with Crippen LogP contribution in [0.3, 0.4) is 0 Å². The normalized spacial score (nSPS) is 18.6. The van der Waals surface area contributed by atoms with Crippen molar-refractivity contribution >= 4 is 23.1 Å². The first-order valence-electron chi connectivity index (χ1n) is 6.37. The summed E-state index contributed by atoms with van der Waals surface area (Å²) in [5.41, 5.74) is 1.85. The average molecular weight is 269 g/mol. The predicted octanol–water partition coefficient (Wildman–Crippen LogP) is 3.90. The zero-order valence-electron chi connectivity index (χ0n) is 11.4. The number of rotatable bonds is 2. The van der Waals surface area contributed by atoms with Crippen LogP contribution in [0.2, 0.25) is 0 Å². The number of thiophene rings is 1. The standard InChI is InChI=1S/C14H23NS2/c1-11-12(9-13(17-11)14(2,3)4)10-15-5-7-16-8-6-15/h9H,5-8,10H2,1-4H3. The maximum absolute atomic E-state index is 2.60. The van der Waals surface area contributed by atoms with Gasteiger partial charge in [-0.25, -0.2) is 0 Å². The van der Waals surface area contributed by atoms with Crippen LogP contribution in [0.5, 0.6) is 0 Å². The Morgan fingerprint density at radius 1 is 1.24 bits per heavy atom. The summed E-state index contributed by atoms with van der Waals surface area (Å²) < 4.78 is 0. The third-order valence-corrected chi connectivity index (χ3v) is 5.72. The molecular formula is C14H23NS2. The second-order valence-electron chi connectivity index (χ2n) is 5.83. The summed E-state index contributed by atoms with van der Waals surface area (Å²) in [7, 11) is 0. The van der Waals surface area contributed by atoms with E-state index in [0.29, 0.717) is 5.41 Å². The highest BCUT2D eigenvalue weighted by Crippen LogP contribution is 2.32. The summed E-state index contributed by atoms with van der Waals surface area (Å²) in [5, 5.41) is 0. The Morgan fingerprint density at radius 2 is 1.88 bits per heavy atom. The van der Waals surface area contributed by atoms with E-state index in [1.54, 1.807) is 5.56 Å². The monoisotopic (exact) mass is 269 g/mol. The van der Waals surface area contributed by atoms with E-state index < -0.39 is 0 Å². The maximum atomic E-state index is 2.60. The molecule has 0 saturated carbocycles. The fourth-order valence-corrected chi connectivity index (χ4v) is 4.12. The first-order chi connectivity index (χ1) is 7.97. The molecule has 1 aromatic heterocycles. The molecule has 2 heterocycles. The Hall–Kier alpha value is 0.01000. The Morgan fingerprint density at radius 3 is 2.41 bits per heavy atom. The van der Waals surface area contributed by atoms with Crippen molar-refractivity contribution in [3.05, 3.63) is 21.4 Å². The molecule has 0 amide bonds. The number of aryl methyl sites for hydroxylation is 1. The molecule has 0 N–H and O–H groups in total. The van der Waals surface area contributed by atoms with Crippen molar-refractivity contribution in [3.63, 3.8) is 0 Å². The van der Waals surface area contributed by atoms with E-state index in [-0.39, 0.29) is 0 Å². The van der Waals surface area contributed by atoms with Gasteiger partial charge in [-0.2, -0.15) is 11.8 Å². The highest BCUT2D eigenvalue weighted by atomic mass is 32.2. The molecule has 1 aliphatic rings. The number of hydrogen-bond donors (Lipinski definition) is 0. The number of hydrogen-bond acceptors (Lipinski definition) is 3. The summed E-state index contributed by atoms with van der Waals surface area (Å²) in [5.74, 6) is 2.60. The lowest BCUT2D eigenvalue weighted by Crippen LogP contribution is -2.32.